The van der Waals surface area contributed by atoms with Gasteiger partial charge < -0.3 is 5.32 Å². The zero-order chi connectivity index (χ0) is 13.3. The quantitative estimate of drug-likeness (QED) is 0.574. The predicted octanol–water partition coefficient (Wildman–Crippen LogP) is 2.51. The van der Waals surface area contributed by atoms with Crippen molar-refractivity contribution >= 4 is 11.8 Å². The van der Waals surface area contributed by atoms with E-state index in [2.05, 4.69) is 57.8 Å². The van der Waals surface area contributed by atoms with Crippen LogP contribution in [0.5, 0.6) is 0 Å². The molecule has 1 atom stereocenters. The topological polar surface area (TPSA) is 53.6 Å². The molecule has 19 heavy (non-hydrogen) atoms. The first kappa shape index (κ1) is 14.1. The zero-order valence-corrected chi connectivity index (χ0v) is 12.0. The van der Waals surface area contributed by atoms with Gasteiger partial charge >= 0.3 is 0 Å². The smallest absolute Gasteiger partial charge is 0.183 e. The van der Waals surface area contributed by atoms with Crippen molar-refractivity contribution in [1.82, 2.24) is 20.5 Å². The average molecular weight is 276 g/mol. The van der Waals surface area contributed by atoms with Crippen molar-refractivity contribution < 1.29 is 0 Å². The fourth-order valence-electron chi connectivity index (χ4n) is 1.85. The minimum atomic E-state index is 0.538. The van der Waals surface area contributed by atoms with E-state index in [0.29, 0.717) is 6.04 Å². The van der Waals surface area contributed by atoms with Crippen LogP contribution in [0.3, 0.4) is 0 Å². The number of thioether (sulfide) groups is 1. The molecule has 0 aliphatic heterocycles. The largest absolute Gasteiger partial charge is 0.313 e. The van der Waals surface area contributed by atoms with Gasteiger partial charge in [-0.1, -0.05) is 42.1 Å². The fraction of sp³-hybridized carbons (Fsp3) is 0.429. The summed E-state index contributed by atoms with van der Waals surface area (Å²) in [4.78, 5) is 4.08. The number of hydrogen-bond acceptors (Lipinski definition) is 4. The Morgan fingerprint density at radius 2 is 2.16 bits per heavy atom. The lowest BCUT2D eigenvalue weighted by atomic mass is 10.1. The number of aromatic amines is 1. The van der Waals surface area contributed by atoms with Gasteiger partial charge in [-0.3, -0.25) is 5.10 Å². The third-order valence-corrected chi connectivity index (χ3v) is 3.81. The highest BCUT2D eigenvalue weighted by Gasteiger charge is 2.02. The second kappa shape index (κ2) is 7.96. The predicted molar refractivity (Wildman–Crippen MR) is 79.3 cm³/mol. The van der Waals surface area contributed by atoms with E-state index < -0.39 is 0 Å². The van der Waals surface area contributed by atoms with Crippen molar-refractivity contribution in [2.45, 2.75) is 31.0 Å². The van der Waals surface area contributed by atoms with Gasteiger partial charge in [-0.15, -0.1) is 0 Å². The Balaban J connectivity index is 1.56. The van der Waals surface area contributed by atoms with E-state index in [0.717, 1.165) is 30.3 Å². The number of aryl methyl sites for hydroxylation is 1. The molecule has 0 radical (unpaired) electrons. The Labute approximate surface area is 118 Å². The number of hydrogen-bond donors (Lipinski definition) is 2. The summed E-state index contributed by atoms with van der Waals surface area (Å²) in [5, 5.41) is 11.1. The van der Waals surface area contributed by atoms with Crippen LogP contribution in [0.25, 0.3) is 0 Å². The second-order valence-electron chi connectivity index (χ2n) is 4.52. The van der Waals surface area contributed by atoms with Crippen LogP contribution in [0.15, 0.2) is 41.8 Å². The fourth-order valence-corrected chi connectivity index (χ4v) is 2.50. The number of aromatic nitrogens is 3. The summed E-state index contributed by atoms with van der Waals surface area (Å²) in [5.41, 5.74) is 1.41. The summed E-state index contributed by atoms with van der Waals surface area (Å²) in [6.45, 7) is 3.23. The lowest BCUT2D eigenvalue weighted by molar-refractivity contribution is 0.532. The van der Waals surface area contributed by atoms with Crippen molar-refractivity contribution in [3.63, 3.8) is 0 Å². The van der Waals surface area contributed by atoms with E-state index in [9.17, 15) is 0 Å². The summed E-state index contributed by atoms with van der Waals surface area (Å²) in [5.74, 6) is 1.00. The van der Waals surface area contributed by atoms with Crippen molar-refractivity contribution in [3.8, 4) is 0 Å². The SMILES string of the molecule is C[C@H](CCc1ccccc1)NCCSc1ncn[nH]1. The molecule has 0 fully saturated rings. The Hall–Kier alpha value is -1.33. The van der Waals surface area contributed by atoms with Gasteiger partial charge in [-0.25, -0.2) is 4.98 Å². The molecule has 5 heteroatoms. The summed E-state index contributed by atoms with van der Waals surface area (Å²) in [6.07, 6.45) is 3.83. The molecule has 1 aromatic heterocycles. The number of benzene rings is 1. The first-order valence-electron chi connectivity index (χ1n) is 6.60. The molecule has 2 N–H and O–H groups in total. The summed E-state index contributed by atoms with van der Waals surface area (Å²) >= 11 is 1.69. The molecular weight excluding hydrogens is 256 g/mol. The van der Waals surface area contributed by atoms with E-state index in [1.165, 1.54) is 11.9 Å². The van der Waals surface area contributed by atoms with Gasteiger partial charge in [-0.05, 0) is 25.3 Å². The van der Waals surface area contributed by atoms with Crippen molar-refractivity contribution in [2.75, 3.05) is 12.3 Å². The first-order valence-corrected chi connectivity index (χ1v) is 7.58. The van der Waals surface area contributed by atoms with Gasteiger partial charge in [0, 0.05) is 18.3 Å². The molecule has 0 unspecified atom stereocenters. The maximum atomic E-state index is 4.08. The van der Waals surface area contributed by atoms with Gasteiger partial charge in [0.2, 0.25) is 0 Å². The monoisotopic (exact) mass is 276 g/mol. The molecule has 0 aliphatic rings. The van der Waals surface area contributed by atoms with Gasteiger partial charge in [-0.2, -0.15) is 5.10 Å². The minimum absolute atomic E-state index is 0.538. The van der Waals surface area contributed by atoms with Crippen molar-refractivity contribution in [2.24, 2.45) is 0 Å². The number of nitrogens with one attached hydrogen (secondary N) is 2. The second-order valence-corrected chi connectivity index (χ2v) is 5.60. The molecule has 0 bridgehead atoms. The average Bonchev–Trinajstić information content (AvgIpc) is 2.96. The molecule has 1 aromatic carbocycles. The lowest BCUT2D eigenvalue weighted by Gasteiger charge is -2.13. The Kier molecular flexibility index (Phi) is 5.91. The van der Waals surface area contributed by atoms with Crippen LogP contribution >= 0.6 is 11.8 Å². The molecule has 0 saturated heterocycles. The molecular formula is C14H20N4S. The van der Waals surface area contributed by atoms with Crippen LogP contribution < -0.4 is 5.32 Å². The van der Waals surface area contributed by atoms with E-state index in [-0.39, 0.29) is 0 Å². The maximum Gasteiger partial charge on any atom is 0.183 e. The van der Waals surface area contributed by atoms with E-state index in [1.54, 1.807) is 11.8 Å². The van der Waals surface area contributed by atoms with Crippen molar-refractivity contribution in [1.29, 1.82) is 0 Å². The van der Waals surface area contributed by atoms with Crippen LogP contribution in [-0.4, -0.2) is 33.5 Å². The minimum Gasteiger partial charge on any atom is -0.313 e. The Morgan fingerprint density at radius 3 is 2.89 bits per heavy atom. The maximum absolute atomic E-state index is 4.08. The van der Waals surface area contributed by atoms with Crippen LogP contribution in [0, 0.1) is 0 Å². The summed E-state index contributed by atoms with van der Waals surface area (Å²) in [7, 11) is 0. The van der Waals surface area contributed by atoms with E-state index in [4.69, 9.17) is 0 Å². The normalized spacial score (nSPS) is 12.5. The molecule has 0 aliphatic carbocycles. The van der Waals surface area contributed by atoms with Gasteiger partial charge in [0.15, 0.2) is 5.16 Å². The number of H-pyrrole nitrogens is 1. The number of nitrogens with zero attached hydrogens (tertiary/aromatic N) is 2. The molecule has 0 amide bonds. The van der Waals surface area contributed by atoms with Crippen LogP contribution in [0.1, 0.15) is 18.9 Å². The highest BCUT2D eigenvalue weighted by atomic mass is 32.2. The van der Waals surface area contributed by atoms with Crippen LogP contribution in [-0.2, 0) is 6.42 Å². The highest BCUT2D eigenvalue weighted by molar-refractivity contribution is 7.99. The standard InChI is InChI=1S/C14H20N4S/c1-12(7-8-13-5-3-2-4-6-13)15-9-10-19-14-16-11-17-18-14/h2-6,11-12,15H,7-10H2,1H3,(H,16,17,18)/t12-/m1/s1. The molecule has 102 valence electrons. The van der Waals surface area contributed by atoms with Crippen LogP contribution in [0.4, 0.5) is 0 Å². The van der Waals surface area contributed by atoms with E-state index >= 15 is 0 Å². The zero-order valence-electron chi connectivity index (χ0n) is 11.2. The Bertz CT molecular complexity index is 444. The van der Waals surface area contributed by atoms with Gasteiger partial charge in [0.05, 0.1) is 0 Å². The molecule has 4 nitrogen and oxygen atoms in total. The van der Waals surface area contributed by atoms with Gasteiger partial charge in [0.1, 0.15) is 6.33 Å². The molecule has 0 spiro atoms. The Morgan fingerprint density at radius 1 is 1.32 bits per heavy atom. The van der Waals surface area contributed by atoms with Crippen molar-refractivity contribution in [3.05, 3.63) is 42.2 Å². The highest BCUT2D eigenvalue weighted by Crippen LogP contribution is 2.09. The first-order chi connectivity index (χ1) is 9.34. The third kappa shape index (κ3) is 5.44. The van der Waals surface area contributed by atoms with E-state index in [1.807, 2.05) is 0 Å². The number of rotatable bonds is 8. The molecule has 1 heterocycles. The van der Waals surface area contributed by atoms with Crippen LogP contribution in [0.2, 0.25) is 0 Å². The van der Waals surface area contributed by atoms with Gasteiger partial charge in [0.25, 0.3) is 0 Å². The summed E-state index contributed by atoms with van der Waals surface area (Å²) < 4.78 is 0. The molecule has 2 rings (SSSR count). The third-order valence-electron chi connectivity index (χ3n) is 2.94. The summed E-state index contributed by atoms with van der Waals surface area (Å²) in [6, 6.07) is 11.2. The lowest BCUT2D eigenvalue weighted by Crippen LogP contribution is -2.28. The molecule has 0 saturated carbocycles. The molecule has 2 aromatic rings.